The van der Waals surface area contributed by atoms with Crippen LogP contribution in [-0.4, -0.2) is 25.5 Å². The lowest BCUT2D eigenvalue weighted by atomic mass is 10.0. The second-order valence-electron chi connectivity index (χ2n) is 4.08. The molecule has 106 valence electrons. The molecule has 1 aliphatic rings. The van der Waals surface area contributed by atoms with Crippen molar-refractivity contribution in [2.45, 2.75) is 0 Å². The molecule has 0 aromatic heterocycles. The monoisotopic (exact) mass is 298 g/mol. The van der Waals surface area contributed by atoms with Crippen LogP contribution in [0.15, 0.2) is 6.07 Å². The lowest BCUT2D eigenvalue weighted by molar-refractivity contribution is 0.0931. The van der Waals surface area contributed by atoms with Crippen LogP contribution in [0.3, 0.4) is 0 Å². The van der Waals surface area contributed by atoms with E-state index in [1.807, 2.05) is 0 Å². The van der Waals surface area contributed by atoms with Crippen LogP contribution in [0.1, 0.15) is 10.4 Å². The summed E-state index contributed by atoms with van der Waals surface area (Å²) in [5.74, 6) is -7.54. The van der Waals surface area contributed by atoms with Crippen molar-refractivity contribution in [3.63, 3.8) is 0 Å². The first-order valence-corrected chi connectivity index (χ1v) is 5.32. The summed E-state index contributed by atoms with van der Waals surface area (Å²) in [6.07, 6.45) is 0. The Morgan fingerprint density at radius 2 is 1.74 bits per heavy atom. The molecule has 0 spiro atoms. The molecule has 0 unspecified atom stereocenters. The van der Waals surface area contributed by atoms with Gasteiger partial charge in [-0.2, -0.15) is 0 Å². The molecule has 0 radical (unpaired) electrons. The van der Waals surface area contributed by atoms with Gasteiger partial charge in [-0.25, -0.2) is 17.6 Å². The number of rotatable bonds is 3. The predicted octanol–water partition coefficient (Wildman–Crippen LogP) is 1.61. The molecule has 1 heterocycles. The molecule has 1 saturated heterocycles. The molecule has 0 atom stereocenters. The van der Waals surface area contributed by atoms with Gasteiger partial charge in [0, 0.05) is 31.6 Å². The van der Waals surface area contributed by atoms with Crippen LogP contribution in [0, 0.1) is 29.2 Å². The molecule has 2 rings (SSSR count). The van der Waals surface area contributed by atoms with Gasteiger partial charge in [0.05, 0.1) is 0 Å². The van der Waals surface area contributed by atoms with Crippen LogP contribution in [0.25, 0.3) is 0 Å². The van der Waals surface area contributed by atoms with E-state index in [-0.39, 0.29) is 30.9 Å². The minimum absolute atomic E-state index is 0. The summed E-state index contributed by atoms with van der Waals surface area (Å²) >= 11 is 0. The van der Waals surface area contributed by atoms with Crippen LogP contribution >= 0.6 is 12.4 Å². The van der Waals surface area contributed by atoms with E-state index in [2.05, 4.69) is 10.6 Å². The normalized spacial score (nSPS) is 14.5. The van der Waals surface area contributed by atoms with Crippen LogP contribution in [0.4, 0.5) is 17.6 Å². The van der Waals surface area contributed by atoms with E-state index in [9.17, 15) is 22.4 Å². The zero-order chi connectivity index (χ0) is 13.3. The average molecular weight is 299 g/mol. The van der Waals surface area contributed by atoms with E-state index in [0.29, 0.717) is 13.1 Å². The summed E-state index contributed by atoms with van der Waals surface area (Å²) in [5, 5.41) is 5.19. The Kier molecular flexibility index (Phi) is 5.13. The molecule has 3 nitrogen and oxygen atoms in total. The van der Waals surface area contributed by atoms with E-state index < -0.39 is 34.7 Å². The fourth-order valence-corrected chi connectivity index (χ4v) is 1.59. The van der Waals surface area contributed by atoms with Crippen LogP contribution in [0.2, 0.25) is 0 Å². The molecule has 0 saturated carbocycles. The molecule has 1 aliphatic heterocycles. The molecular formula is C11H11ClF4N2O. The highest BCUT2D eigenvalue weighted by molar-refractivity contribution is 5.94. The second kappa shape index (κ2) is 6.21. The van der Waals surface area contributed by atoms with Crippen molar-refractivity contribution in [1.29, 1.82) is 0 Å². The summed E-state index contributed by atoms with van der Waals surface area (Å²) in [7, 11) is 0. The van der Waals surface area contributed by atoms with Gasteiger partial charge in [0.15, 0.2) is 23.3 Å². The van der Waals surface area contributed by atoms with Gasteiger partial charge in [-0.3, -0.25) is 4.79 Å². The maximum absolute atomic E-state index is 13.3. The standard InChI is InChI=1S/C11H10F4N2O.ClH/c12-6-1-7(13)10(15)8(9(6)14)11(18)17-4-5-2-16-3-5;/h1,5,16H,2-4H2,(H,17,18);1H. The topological polar surface area (TPSA) is 41.1 Å². The van der Waals surface area contributed by atoms with E-state index in [0.717, 1.165) is 0 Å². The summed E-state index contributed by atoms with van der Waals surface area (Å²) in [4.78, 5) is 11.5. The van der Waals surface area contributed by atoms with Gasteiger partial charge in [-0.05, 0) is 0 Å². The Morgan fingerprint density at radius 3 is 2.16 bits per heavy atom. The van der Waals surface area contributed by atoms with Crippen molar-refractivity contribution in [2.75, 3.05) is 19.6 Å². The highest BCUT2D eigenvalue weighted by Gasteiger charge is 2.25. The number of hydrogen-bond acceptors (Lipinski definition) is 2. The fraction of sp³-hybridized carbons (Fsp3) is 0.364. The number of benzene rings is 1. The summed E-state index contributed by atoms with van der Waals surface area (Å²) in [6.45, 7) is 1.56. The Hall–Kier alpha value is -1.34. The first kappa shape index (κ1) is 15.7. The third-order valence-electron chi connectivity index (χ3n) is 2.76. The second-order valence-corrected chi connectivity index (χ2v) is 4.08. The van der Waals surface area contributed by atoms with E-state index in [4.69, 9.17) is 0 Å². The van der Waals surface area contributed by atoms with Gasteiger partial charge in [0.25, 0.3) is 5.91 Å². The number of carbonyl (C=O) groups excluding carboxylic acids is 1. The Labute approximate surface area is 112 Å². The third kappa shape index (κ3) is 3.16. The number of halogens is 5. The lowest BCUT2D eigenvalue weighted by Gasteiger charge is -2.27. The minimum Gasteiger partial charge on any atom is -0.351 e. The number of hydrogen-bond donors (Lipinski definition) is 2. The number of carbonyl (C=O) groups is 1. The van der Waals surface area contributed by atoms with Gasteiger partial charge >= 0.3 is 0 Å². The van der Waals surface area contributed by atoms with Crippen LogP contribution in [0.5, 0.6) is 0 Å². The SMILES string of the molecule is Cl.O=C(NCC1CNC1)c1c(F)c(F)cc(F)c1F. The maximum atomic E-state index is 13.3. The molecule has 19 heavy (non-hydrogen) atoms. The van der Waals surface area contributed by atoms with E-state index >= 15 is 0 Å². The lowest BCUT2D eigenvalue weighted by Crippen LogP contribution is -2.48. The largest absolute Gasteiger partial charge is 0.351 e. The van der Waals surface area contributed by atoms with Crippen molar-refractivity contribution in [1.82, 2.24) is 10.6 Å². The molecule has 1 aromatic rings. The third-order valence-corrected chi connectivity index (χ3v) is 2.76. The molecule has 2 N–H and O–H groups in total. The first-order valence-electron chi connectivity index (χ1n) is 5.32. The van der Waals surface area contributed by atoms with Crippen molar-refractivity contribution >= 4 is 18.3 Å². The quantitative estimate of drug-likeness (QED) is 0.658. The van der Waals surface area contributed by atoms with Gasteiger partial charge in [0.1, 0.15) is 5.56 Å². The molecular weight excluding hydrogens is 288 g/mol. The predicted molar refractivity (Wildman–Crippen MR) is 62.2 cm³/mol. The zero-order valence-electron chi connectivity index (χ0n) is 9.60. The fourth-order valence-electron chi connectivity index (χ4n) is 1.59. The first-order chi connectivity index (χ1) is 8.50. The van der Waals surface area contributed by atoms with E-state index in [1.165, 1.54) is 0 Å². The molecule has 1 fully saturated rings. The zero-order valence-corrected chi connectivity index (χ0v) is 10.4. The van der Waals surface area contributed by atoms with Crippen molar-refractivity contribution < 1.29 is 22.4 Å². The van der Waals surface area contributed by atoms with Gasteiger partial charge in [-0.15, -0.1) is 12.4 Å². The Bertz CT molecular complexity index is 468. The summed E-state index contributed by atoms with van der Waals surface area (Å²) in [6, 6.07) is 0.0668. The smallest absolute Gasteiger partial charge is 0.257 e. The number of nitrogens with one attached hydrogen (secondary N) is 2. The van der Waals surface area contributed by atoms with Gasteiger partial charge in [-0.1, -0.05) is 0 Å². The highest BCUT2D eigenvalue weighted by Crippen LogP contribution is 2.19. The highest BCUT2D eigenvalue weighted by atomic mass is 35.5. The Balaban J connectivity index is 0.00000180. The molecule has 8 heteroatoms. The van der Waals surface area contributed by atoms with Crippen LogP contribution in [-0.2, 0) is 0 Å². The van der Waals surface area contributed by atoms with Gasteiger partial charge < -0.3 is 10.6 Å². The molecule has 0 aliphatic carbocycles. The van der Waals surface area contributed by atoms with Crippen LogP contribution < -0.4 is 10.6 Å². The maximum Gasteiger partial charge on any atom is 0.257 e. The summed E-state index contributed by atoms with van der Waals surface area (Å²) in [5.41, 5.74) is -1.22. The molecule has 0 bridgehead atoms. The molecule has 1 amide bonds. The Morgan fingerprint density at radius 1 is 1.21 bits per heavy atom. The van der Waals surface area contributed by atoms with Crippen molar-refractivity contribution in [3.05, 3.63) is 34.9 Å². The van der Waals surface area contributed by atoms with E-state index in [1.54, 1.807) is 0 Å². The number of amides is 1. The summed E-state index contributed by atoms with van der Waals surface area (Å²) < 4.78 is 52.3. The minimum atomic E-state index is -1.68. The van der Waals surface area contributed by atoms with Gasteiger partial charge in [0.2, 0.25) is 0 Å². The average Bonchev–Trinajstić information content (AvgIpc) is 2.25. The van der Waals surface area contributed by atoms with Crippen molar-refractivity contribution in [3.8, 4) is 0 Å². The molecule has 1 aromatic carbocycles. The van der Waals surface area contributed by atoms with Crippen molar-refractivity contribution in [2.24, 2.45) is 5.92 Å².